The second-order valence-corrected chi connectivity index (χ2v) is 12.0. The molecule has 1 aliphatic heterocycles. The van der Waals surface area contributed by atoms with Gasteiger partial charge < -0.3 is 19.3 Å². The summed E-state index contributed by atoms with van der Waals surface area (Å²) in [4.78, 5) is 42.8. The fraction of sp³-hybridized carbons (Fsp3) is 0.528. The van der Waals surface area contributed by atoms with E-state index in [0.29, 0.717) is 36.2 Å². The van der Waals surface area contributed by atoms with Crippen LogP contribution in [-0.2, 0) is 17.6 Å². The zero-order valence-electron chi connectivity index (χ0n) is 26.7. The van der Waals surface area contributed by atoms with E-state index >= 15 is 0 Å². The summed E-state index contributed by atoms with van der Waals surface area (Å²) in [7, 11) is 0. The van der Waals surface area contributed by atoms with E-state index in [1.165, 1.54) is 49.2 Å². The van der Waals surface area contributed by atoms with Crippen LogP contribution in [0.5, 0.6) is 0 Å². The highest BCUT2D eigenvalue weighted by Gasteiger charge is 2.34. The number of unbranched alkanes of at least 4 members (excludes halogenated alkanes) is 3. The van der Waals surface area contributed by atoms with Crippen LogP contribution in [0.25, 0.3) is 5.52 Å². The van der Waals surface area contributed by atoms with Crippen molar-refractivity contribution in [2.24, 2.45) is 0 Å². The number of carbonyl (C=O) groups is 3. The summed E-state index contributed by atoms with van der Waals surface area (Å²) in [5.41, 5.74) is 4.76. The van der Waals surface area contributed by atoms with Crippen molar-refractivity contribution in [1.29, 1.82) is 0 Å². The molecule has 1 amide bonds. The van der Waals surface area contributed by atoms with Gasteiger partial charge in [-0.25, -0.2) is 4.79 Å². The van der Waals surface area contributed by atoms with E-state index in [0.717, 1.165) is 49.7 Å². The first-order valence-corrected chi connectivity index (χ1v) is 16.4. The van der Waals surface area contributed by atoms with E-state index in [4.69, 9.17) is 0 Å². The summed E-state index contributed by atoms with van der Waals surface area (Å²) in [5, 5.41) is 9.54. The predicted octanol–water partition coefficient (Wildman–Crippen LogP) is 7.46. The Kier molecular flexibility index (Phi) is 13.9. The highest BCUT2D eigenvalue weighted by atomic mass is 35.5. The molecule has 2 aromatic heterocycles. The highest BCUT2D eigenvalue weighted by molar-refractivity contribution is 6.10. The Morgan fingerprint density at radius 2 is 1.50 bits per heavy atom. The molecule has 8 heteroatoms. The lowest BCUT2D eigenvalue weighted by atomic mass is 10.00. The molecule has 1 saturated heterocycles. The molecule has 0 unspecified atom stereocenters. The Bertz CT molecular complexity index is 1380. The first kappa shape index (κ1) is 35.3. The molecule has 7 nitrogen and oxygen atoms in total. The van der Waals surface area contributed by atoms with Crippen LogP contribution in [0.2, 0.25) is 0 Å². The maximum absolute atomic E-state index is 13.9. The quantitative estimate of drug-likeness (QED) is 0.158. The maximum Gasteiger partial charge on any atom is 0.326 e. The van der Waals surface area contributed by atoms with Crippen LogP contribution in [0, 0.1) is 0 Å². The monoisotopic (exact) mass is 623 g/mol. The van der Waals surface area contributed by atoms with Gasteiger partial charge in [0.05, 0.1) is 5.69 Å². The van der Waals surface area contributed by atoms with Crippen molar-refractivity contribution in [1.82, 2.24) is 14.2 Å². The lowest BCUT2D eigenvalue weighted by molar-refractivity contribution is -0.141. The highest BCUT2D eigenvalue weighted by Crippen LogP contribution is 2.26. The van der Waals surface area contributed by atoms with E-state index in [2.05, 4.69) is 37.8 Å². The summed E-state index contributed by atoms with van der Waals surface area (Å²) in [6, 6.07) is 12.8. The Labute approximate surface area is 269 Å². The maximum atomic E-state index is 13.9. The number of halogens is 1. The third-order valence-electron chi connectivity index (χ3n) is 8.72. The standard InChI is InChI=1S/C36H49N3O4.ClH/c1-4-7-13-29-25-31-26-30(35(41)39-23-11-14-32(39)36(42)43)19-24-38(31)33(29)34(40)28-17-15-27(16-18-28)12-10-22-37(20-8-5-2)21-9-6-3;/h15-19,24-26,32H,4-14,20-23H2,1-3H3,(H,42,43);1H/t32-;/m1./s1. The molecule has 240 valence electrons. The van der Waals surface area contributed by atoms with Crippen LogP contribution < -0.4 is 0 Å². The van der Waals surface area contributed by atoms with Gasteiger partial charge in [0.2, 0.25) is 5.78 Å². The molecule has 0 saturated carbocycles. The summed E-state index contributed by atoms with van der Waals surface area (Å²) < 4.78 is 1.89. The molecule has 1 aliphatic rings. The number of amides is 1. The smallest absolute Gasteiger partial charge is 0.326 e. The van der Waals surface area contributed by atoms with Gasteiger partial charge in [-0.15, -0.1) is 12.4 Å². The van der Waals surface area contributed by atoms with E-state index in [1.54, 1.807) is 18.3 Å². The fourth-order valence-corrected chi connectivity index (χ4v) is 6.18. The topological polar surface area (TPSA) is 82.3 Å². The van der Waals surface area contributed by atoms with Gasteiger partial charge >= 0.3 is 5.97 Å². The molecule has 3 aromatic rings. The molecule has 1 aromatic carbocycles. The minimum atomic E-state index is -0.962. The molecule has 1 atom stereocenters. The zero-order valence-corrected chi connectivity index (χ0v) is 27.5. The number of pyridine rings is 1. The third kappa shape index (κ3) is 8.72. The molecule has 3 heterocycles. The number of carbonyl (C=O) groups excluding carboxylic acids is 2. The lowest BCUT2D eigenvalue weighted by Crippen LogP contribution is -2.40. The average molecular weight is 624 g/mol. The van der Waals surface area contributed by atoms with Gasteiger partial charge in [-0.3, -0.25) is 9.59 Å². The average Bonchev–Trinajstić information content (AvgIpc) is 3.65. The SMILES string of the molecule is CCCCc1cc2cc(C(=O)N3CCC[C@@H]3C(=O)O)ccn2c1C(=O)c1ccc(CCCN(CCCC)CCCC)cc1.Cl. The van der Waals surface area contributed by atoms with Crippen LogP contribution in [0.3, 0.4) is 0 Å². The van der Waals surface area contributed by atoms with Gasteiger partial charge in [0.1, 0.15) is 6.04 Å². The zero-order chi connectivity index (χ0) is 30.8. The molecule has 0 bridgehead atoms. The van der Waals surface area contributed by atoms with Gasteiger partial charge in [0.15, 0.2) is 0 Å². The minimum Gasteiger partial charge on any atom is -0.480 e. The second-order valence-electron chi connectivity index (χ2n) is 12.0. The number of aliphatic carboxylic acids is 1. The number of aromatic nitrogens is 1. The Balaban J connectivity index is 0.00000529. The predicted molar refractivity (Wildman–Crippen MR) is 179 cm³/mol. The van der Waals surface area contributed by atoms with Crippen molar-refractivity contribution in [2.75, 3.05) is 26.2 Å². The number of benzene rings is 1. The Morgan fingerprint density at radius 1 is 0.841 bits per heavy atom. The summed E-state index contributed by atoms with van der Waals surface area (Å²) in [6.07, 6.45) is 12.7. The van der Waals surface area contributed by atoms with Gasteiger partial charge in [-0.1, -0.05) is 64.3 Å². The summed E-state index contributed by atoms with van der Waals surface area (Å²) in [6.45, 7) is 10.5. The number of nitrogens with zero attached hydrogens (tertiary/aromatic N) is 3. The number of likely N-dealkylation sites (tertiary alicyclic amines) is 1. The van der Waals surface area contributed by atoms with E-state index in [9.17, 15) is 19.5 Å². The largest absolute Gasteiger partial charge is 0.480 e. The van der Waals surface area contributed by atoms with Gasteiger partial charge in [0, 0.05) is 29.4 Å². The van der Waals surface area contributed by atoms with Crippen LogP contribution in [0.15, 0.2) is 48.7 Å². The van der Waals surface area contributed by atoms with Crippen molar-refractivity contribution < 1.29 is 19.5 Å². The van der Waals surface area contributed by atoms with E-state index in [1.807, 2.05) is 22.6 Å². The molecule has 4 rings (SSSR count). The molecular formula is C36H50ClN3O4. The van der Waals surface area contributed by atoms with E-state index in [-0.39, 0.29) is 24.1 Å². The number of hydrogen-bond acceptors (Lipinski definition) is 4. The van der Waals surface area contributed by atoms with Crippen molar-refractivity contribution in [2.45, 2.75) is 97.4 Å². The molecule has 0 radical (unpaired) electrons. The number of rotatable bonds is 17. The first-order chi connectivity index (χ1) is 20.9. The van der Waals surface area contributed by atoms with Crippen molar-refractivity contribution in [3.63, 3.8) is 0 Å². The summed E-state index contributed by atoms with van der Waals surface area (Å²) in [5.74, 6) is -1.25. The molecule has 44 heavy (non-hydrogen) atoms. The number of fused-ring (bicyclic) bond motifs is 1. The van der Waals surface area contributed by atoms with Crippen molar-refractivity contribution in [3.8, 4) is 0 Å². The van der Waals surface area contributed by atoms with E-state index < -0.39 is 12.0 Å². The van der Waals surface area contributed by atoms with Crippen molar-refractivity contribution in [3.05, 3.63) is 76.6 Å². The van der Waals surface area contributed by atoms with Crippen LogP contribution in [0.1, 0.15) is 116 Å². The van der Waals surface area contributed by atoms with Crippen LogP contribution in [0.4, 0.5) is 0 Å². The number of carboxylic acids is 1. The third-order valence-corrected chi connectivity index (χ3v) is 8.72. The molecular weight excluding hydrogens is 574 g/mol. The number of aryl methyl sites for hydroxylation is 2. The van der Waals surface area contributed by atoms with Gasteiger partial charge in [0.25, 0.3) is 5.91 Å². The van der Waals surface area contributed by atoms with Gasteiger partial charge in [-0.2, -0.15) is 0 Å². The normalized spacial score (nSPS) is 14.7. The Hall–Kier alpha value is -3.16. The lowest BCUT2D eigenvalue weighted by Gasteiger charge is -2.21. The molecule has 1 fully saturated rings. The minimum absolute atomic E-state index is 0. The number of hydrogen-bond donors (Lipinski definition) is 1. The molecule has 0 aliphatic carbocycles. The van der Waals surface area contributed by atoms with Gasteiger partial charge in [-0.05, 0) is 100 Å². The van der Waals surface area contributed by atoms with Crippen LogP contribution >= 0.6 is 12.4 Å². The summed E-state index contributed by atoms with van der Waals surface area (Å²) >= 11 is 0. The van der Waals surface area contributed by atoms with Crippen molar-refractivity contribution >= 4 is 35.6 Å². The number of carboxylic acid groups (broad SMARTS) is 1. The first-order valence-electron chi connectivity index (χ1n) is 16.4. The number of ketones is 1. The molecule has 1 N–H and O–H groups in total. The molecule has 0 spiro atoms. The second kappa shape index (κ2) is 17.4. The Morgan fingerprint density at radius 3 is 2.14 bits per heavy atom. The fourth-order valence-electron chi connectivity index (χ4n) is 6.18. The van der Waals surface area contributed by atoms with Crippen LogP contribution in [-0.4, -0.2) is 69.2 Å².